The number of hydrogen-bond donors (Lipinski definition) is 0. The Bertz CT molecular complexity index is 115. The van der Waals surface area contributed by atoms with Crippen molar-refractivity contribution in [2.24, 2.45) is 7.05 Å². The third kappa shape index (κ3) is 6.14. The van der Waals surface area contributed by atoms with Gasteiger partial charge in [-0.1, -0.05) is 13.8 Å². The third-order valence-corrected chi connectivity index (χ3v) is 0.580. The van der Waals surface area contributed by atoms with Gasteiger partial charge in [-0.05, 0) is 0 Å². The van der Waals surface area contributed by atoms with Crippen LogP contribution < -0.4 is 0 Å². The van der Waals surface area contributed by atoms with Crippen LogP contribution in [0.1, 0.15) is 13.8 Å². The molecule has 0 aliphatic heterocycles. The SMILES string of the molecule is CC.Cn1cc[c-]n1.[U]. The molecule has 0 atom stereocenters. The minimum Gasteiger partial charge on any atom is -0.372 e. The molecule has 2 nitrogen and oxygen atoms in total. The van der Waals surface area contributed by atoms with Crippen molar-refractivity contribution in [3.05, 3.63) is 18.5 Å². The van der Waals surface area contributed by atoms with Crippen molar-refractivity contribution in [3.8, 4) is 0 Å². The summed E-state index contributed by atoms with van der Waals surface area (Å²) in [6, 6.07) is 1.76. The smallest absolute Gasteiger partial charge is 0.00866 e. The average molecular weight is 349 g/mol. The van der Waals surface area contributed by atoms with Gasteiger partial charge in [-0.2, -0.15) is 6.07 Å². The van der Waals surface area contributed by atoms with Crippen LogP contribution in [0.2, 0.25) is 0 Å². The molecule has 9 heavy (non-hydrogen) atoms. The second-order valence-corrected chi connectivity index (χ2v) is 1.12. The maximum Gasteiger partial charge on any atom is 0.00866 e. The second kappa shape index (κ2) is 8.26. The van der Waals surface area contributed by atoms with Crippen LogP contribution >= 0.6 is 0 Å². The molecule has 0 bridgehead atoms. The van der Waals surface area contributed by atoms with Crippen molar-refractivity contribution in [2.75, 3.05) is 0 Å². The van der Waals surface area contributed by atoms with E-state index in [1.165, 1.54) is 0 Å². The zero-order valence-corrected chi connectivity index (χ0v) is 10.2. The molecule has 0 aliphatic rings. The first-order valence-corrected chi connectivity index (χ1v) is 2.75. The van der Waals surface area contributed by atoms with Crippen molar-refractivity contribution in [2.45, 2.75) is 13.8 Å². The van der Waals surface area contributed by atoms with E-state index < -0.39 is 0 Å². The predicted octanol–water partition coefficient (Wildman–Crippen LogP) is 1.25. The van der Waals surface area contributed by atoms with E-state index in [0.29, 0.717) is 0 Å². The maximum absolute atomic E-state index is 3.71. The van der Waals surface area contributed by atoms with Gasteiger partial charge in [0.15, 0.2) is 0 Å². The van der Waals surface area contributed by atoms with Gasteiger partial charge in [0.25, 0.3) is 0 Å². The largest absolute Gasteiger partial charge is 0.372 e. The van der Waals surface area contributed by atoms with E-state index in [4.69, 9.17) is 0 Å². The molecule has 0 N–H and O–H groups in total. The molecule has 0 spiro atoms. The van der Waals surface area contributed by atoms with Crippen molar-refractivity contribution < 1.29 is 31.1 Å². The van der Waals surface area contributed by atoms with Gasteiger partial charge in [-0.3, -0.25) is 0 Å². The van der Waals surface area contributed by atoms with Crippen LogP contribution in [-0.2, 0) is 7.05 Å². The number of hydrogen-bond acceptors (Lipinski definition) is 1. The molecular formula is C6H11N2U-. The van der Waals surface area contributed by atoms with Crippen LogP contribution in [0.25, 0.3) is 0 Å². The summed E-state index contributed by atoms with van der Waals surface area (Å²) in [5.41, 5.74) is 0. The summed E-state index contributed by atoms with van der Waals surface area (Å²) in [7, 11) is 1.86. The minimum atomic E-state index is 0. The fourth-order valence-corrected chi connectivity index (χ4v) is 0.299. The Morgan fingerprint density at radius 3 is 2.11 bits per heavy atom. The fraction of sp³-hybridized carbons (Fsp3) is 0.500. The molecule has 0 amide bonds. The standard InChI is InChI=1S/C4H5N2.C2H6.U/c1-6-4-2-3-5-6;1-2;/h2,4H,1H3;1-2H3;/q-1;;. The van der Waals surface area contributed by atoms with Gasteiger partial charge < -0.3 is 9.78 Å². The van der Waals surface area contributed by atoms with Gasteiger partial charge in [-0.25, -0.2) is 0 Å². The van der Waals surface area contributed by atoms with Gasteiger partial charge >= 0.3 is 0 Å². The summed E-state index contributed by atoms with van der Waals surface area (Å²) in [5, 5.41) is 3.71. The van der Waals surface area contributed by atoms with E-state index in [1.54, 1.807) is 10.7 Å². The molecule has 1 rings (SSSR count). The zero-order valence-electron chi connectivity index (χ0n) is 6.05. The molecule has 1 aromatic rings. The predicted molar refractivity (Wildman–Crippen MR) is 33.4 cm³/mol. The summed E-state index contributed by atoms with van der Waals surface area (Å²) in [5.74, 6) is 0. The monoisotopic (exact) mass is 349 g/mol. The fourth-order valence-electron chi connectivity index (χ4n) is 0.299. The molecule has 0 fully saturated rings. The van der Waals surface area contributed by atoms with E-state index in [0.717, 1.165) is 0 Å². The van der Waals surface area contributed by atoms with Gasteiger partial charge in [0.1, 0.15) is 0 Å². The third-order valence-electron chi connectivity index (χ3n) is 0.580. The second-order valence-electron chi connectivity index (χ2n) is 1.12. The van der Waals surface area contributed by atoms with E-state index >= 15 is 0 Å². The summed E-state index contributed by atoms with van der Waals surface area (Å²) in [6.45, 7) is 4.00. The number of aryl methyl sites for hydroxylation is 1. The van der Waals surface area contributed by atoms with Crippen LogP contribution in [0.15, 0.2) is 12.3 Å². The zero-order chi connectivity index (χ0) is 6.41. The van der Waals surface area contributed by atoms with Crippen LogP contribution in [0.4, 0.5) is 0 Å². The molecule has 1 heterocycles. The Kier molecular flexibility index (Phi) is 11.0. The van der Waals surface area contributed by atoms with E-state index in [2.05, 4.69) is 11.3 Å². The Hall–Kier alpha value is 0.262. The molecule has 0 aromatic carbocycles. The number of rotatable bonds is 0. The molecule has 1 aromatic heterocycles. The maximum atomic E-state index is 3.71. The Morgan fingerprint density at radius 1 is 1.44 bits per heavy atom. The Balaban J connectivity index is 0. The van der Waals surface area contributed by atoms with Gasteiger partial charge in [0, 0.05) is 38.2 Å². The number of aromatic nitrogens is 2. The summed E-state index contributed by atoms with van der Waals surface area (Å²) >= 11 is 0. The van der Waals surface area contributed by atoms with Crippen LogP contribution in [0.3, 0.4) is 0 Å². The van der Waals surface area contributed by atoms with E-state index in [-0.39, 0.29) is 31.1 Å². The number of nitrogens with zero attached hydrogens (tertiary/aromatic N) is 2. The topological polar surface area (TPSA) is 17.8 Å². The normalized spacial score (nSPS) is 6.56. The van der Waals surface area contributed by atoms with Gasteiger partial charge in [-0.15, -0.1) is 12.4 Å². The van der Waals surface area contributed by atoms with Crippen molar-refractivity contribution in [1.29, 1.82) is 0 Å². The van der Waals surface area contributed by atoms with Crippen LogP contribution in [0, 0.1) is 37.3 Å². The molecular weight excluding hydrogens is 338 g/mol. The molecule has 50 valence electrons. The first kappa shape index (κ1) is 12.0. The Morgan fingerprint density at radius 2 is 2.00 bits per heavy atom. The summed E-state index contributed by atoms with van der Waals surface area (Å²) in [6.07, 6.45) is 4.48. The quantitative estimate of drug-likeness (QED) is 0.645. The van der Waals surface area contributed by atoms with E-state index in [1.807, 2.05) is 27.1 Å². The average Bonchev–Trinajstić information content (AvgIpc) is 2.24. The minimum absolute atomic E-state index is 0. The van der Waals surface area contributed by atoms with Crippen molar-refractivity contribution in [1.82, 2.24) is 9.78 Å². The summed E-state index contributed by atoms with van der Waals surface area (Å²) < 4.78 is 1.69. The van der Waals surface area contributed by atoms with Crippen molar-refractivity contribution in [3.63, 3.8) is 0 Å². The molecule has 3 heteroatoms. The first-order chi connectivity index (χ1) is 3.89. The van der Waals surface area contributed by atoms with Gasteiger partial charge in [0.2, 0.25) is 0 Å². The van der Waals surface area contributed by atoms with Crippen LogP contribution in [-0.4, -0.2) is 9.78 Å². The first-order valence-electron chi connectivity index (χ1n) is 2.75. The van der Waals surface area contributed by atoms with Gasteiger partial charge in [0.05, 0.1) is 0 Å². The molecule has 0 aliphatic carbocycles. The molecule has 0 saturated heterocycles. The van der Waals surface area contributed by atoms with E-state index in [9.17, 15) is 0 Å². The summed E-state index contributed by atoms with van der Waals surface area (Å²) in [4.78, 5) is 0. The molecule has 0 unspecified atom stereocenters. The van der Waals surface area contributed by atoms with Crippen LogP contribution in [0.5, 0.6) is 0 Å². The molecule has 0 saturated carbocycles. The Labute approximate surface area is 80.0 Å². The van der Waals surface area contributed by atoms with Crippen molar-refractivity contribution >= 4 is 0 Å². The molecule has 0 radical (unpaired) electrons.